The maximum Gasteiger partial charge on any atom is 0.145 e. The van der Waals surface area contributed by atoms with Gasteiger partial charge in [-0.3, -0.25) is 0 Å². The van der Waals surface area contributed by atoms with Gasteiger partial charge in [-0.15, -0.1) is 0 Å². The van der Waals surface area contributed by atoms with Gasteiger partial charge >= 0.3 is 0 Å². The highest BCUT2D eigenvalue weighted by atomic mass is 16.5. The zero-order valence-corrected chi connectivity index (χ0v) is 14.4. The number of rotatable bonds is 3. The van der Waals surface area contributed by atoms with E-state index in [1.165, 1.54) is 0 Å². The average Bonchev–Trinajstić information content (AvgIpc) is 2.52. The van der Waals surface area contributed by atoms with Gasteiger partial charge in [0.25, 0.3) is 0 Å². The molecule has 0 aliphatic carbocycles. The molecule has 0 radical (unpaired) electrons. The summed E-state index contributed by atoms with van der Waals surface area (Å²) in [5, 5.41) is 1.00. The molecular weight excluding hydrogens is 292 g/mol. The average molecular weight is 316 g/mol. The molecule has 1 fully saturated rings. The van der Waals surface area contributed by atoms with Gasteiger partial charge in [0, 0.05) is 18.5 Å². The highest BCUT2D eigenvalue weighted by molar-refractivity contribution is 5.94. The summed E-state index contributed by atoms with van der Waals surface area (Å²) in [7, 11) is 3.35. The summed E-state index contributed by atoms with van der Waals surface area (Å²) in [6.07, 6.45) is 0.396. The molecule has 0 bridgehead atoms. The molecule has 5 heteroatoms. The molecule has 1 aromatic heterocycles. The number of anilines is 1. The first-order valence-electron chi connectivity index (χ1n) is 7.96. The lowest BCUT2D eigenvalue weighted by molar-refractivity contribution is -0.00544. The first-order valence-corrected chi connectivity index (χ1v) is 7.96. The van der Waals surface area contributed by atoms with Crippen molar-refractivity contribution < 1.29 is 14.2 Å². The zero-order chi connectivity index (χ0) is 16.6. The molecule has 0 unspecified atom stereocenters. The van der Waals surface area contributed by atoms with Crippen LogP contribution in [-0.2, 0) is 4.74 Å². The lowest BCUT2D eigenvalue weighted by atomic mass is 10.1. The maximum absolute atomic E-state index is 5.82. The fourth-order valence-electron chi connectivity index (χ4n) is 3.32. The van der Waals surface area contributed by atoms with Crippen LogP contribution in [0, 0.1) is 6.92 Å². The lowest BCUT2D eigenvalue weighted by Crippen LogP contribution is -2.45. The number of aryl methyl sites for hydroxylation is 1. The van der Waals surface area contributed by atoms with E-state index >= 15 is 0 Å². The summed E-state index contributed by atoms with van der Waals surface area (Å²) < 4.78 is 16.8. The number of pyridine rings is 1. The van der Waals surface area contributed by atoms with Crippen molar-refractivity contribution in [2.24, 2.45) is 0 Å². The number of hydrogen-bond acceptors (Lipinski definition) is 5. The van der Waals surface area contributed by atoms with Crippen LogP contribution in [0.2, 0.25) is 0 Å². The fourth-order valence-corrected chi connectivity index (χ4v) is 3.32. The molecule has 2 aromatic rings. The van der Waals surface area contributed by atoms with Crippen LogP contribution in [0.3, 0.4) is 0 Å². The van der Waals surface area contributed by atoms with E-state index in [4.69, 9.17) is 19.2 Å². The third kappa shape index (κ3) is 2.93. The van der Waals surface area contributed by atoms with Gasteiger partial charge < -0.3 is 19.1 Å². The van der Waals surface area contributed by atoms with Crippen LogP contribution in [0.15, 0.2) is 18.2 Å². The normalized spacial score (nSPS) is 21.5. The van der Waals surface area contributed by atoms with Crippen LogP contribution in [0.4, 0.5) is 5.82 Å². The Kier molecular flexibility index (Phi) is 4.31. The molecule has 0 N–H and O–H groups in total. The summed E-state index contributed by atoms with van der Waals surface area (Å²) in [5.41, 5.74) is 1.97. The molecule has 0 amide bonds. The molecular formula is C18H24N2O3. The second-order valence-corrected chi connectivity index (χ2v) is 6.15. The molecule has 2 atom stereocenters. The van der Waals surface area contributed by atoms with Crippen LogP contribution in [0.5, 0.6) is 11.5 Å². The zero-order valence-electron chi connectivity index (χ0n) is 14.4. The third-order valence-electron chi connectivity index (χ3n) is 4.25. The van der Waals surface area contributed by atoms with Gasteiger partial charge in [-0.25, -0.2) is 4.98 Å². The van der Waals surface area contributed by atoms with Gasteiger partial charge in [-0.2, -0.15) is 0 Å². The van der Waals surface area contributed by atoms with Gasteiger partial charge in [0.15, 0.2) is 0 Å². The Balaban J connectivity index is 2.13. The van der Waals surface area contributed by atoms with Gasteiger partial charge in [0.05, 0.1) is 26.4 Å². The van der Waals surface area contributed by atoms with Crippen LogP contribution in [-0.4, -0.2) is 44.5 Å². The van der Waals surface area contributed by atoms with E-state index in [0.717, 1.165) is 46.9 Å². The van der Waals surface area contributed by atoms with Crippen LogP contribution < -0.4 is 14.4 Å². The SMILES string of the molecule is COc1ccc(OC)c2c(C)cc(N3C[C@@H](C)O[C@@H](C)C3)nc12. The van der Waals surface area contributed by atoms with E-state index in [0.29, 0.717) is 0 Å². The Bertz CT molecular complexity index is 707. The lowest BCUT2D eigenvalue weighted by Gasteiger charge is -2.36. The Labute approximate surface area is 137 Å². The van der Waals surface area contributed by atoms with Crippen LogP contribution in [0.25, 0.3) is 10.9 Å². The first-order chi connectivity index (χ1) is 11.0. The number of ether oxygens (including phenoxy) is 3. The molecule has 0 saturated carbocycles. The number of hydrogen-bond donors (Lipinski definition) is 0. The van der Waals surface area contributed by atoms with Crippen molar-refractivity contribution >= 4 is 16.7 Å². The monoisotopic (exact) mass is 316 g/mol. The Morgan fingerprint density at radius 3 is 2.30 bits per heavy atom. The van der Waals surface area contributed by atoms with Crippen LogP contribution in [0.1, 0.15) is 19.4 Å². The molecule has 1 aliphatic heterocycles. The number of fused-ring (bicyclic) bond motifs is 1. The van der Waals surface area contributed by atoms with Crippen molar-refractivity contribution in [3.8, 4) is 11.5 Å². The largest absolute Gasteiger partial charge is 0.496 e. The summed E-state index contributed by atoms with van der Waals surface area (Å²) in [6.45, 7) is 7.96. The molecule has 0 spiro atoms. The number of methoxy groups -OCH3 is 2. The van der Waals surface area contributed by atoms with E-state index in [9.17, 15) is 0 Å². The van der Waals surface area contributed by atoms with Crippen molar-refractivity contribution in [1.82, 2.24) is 4.98 Å². The number of nitrogens with zero attached hydrogens (tertiary/aromatic N) is 2. The number of aromatic nitrogens is 1. The topological polar surface area (TPSA) is 43.8 Å². The fraction of sp³-hybridized carbons (Fsp3) is 0.500. The maximum atomic E-state index is 5.82. The summed E-state index contributed by atoms with van der Waals surface area (Å²) >= 11 is 0. The Morgan fingerprint density at radius 1 is 1.09 bits per heavy atom. The molecule has 124 valence electrons. The molecule has 23 heavy (non-hydrogen) atoms. The summed E-state index contributed by atoms with van der Waals surface area (Å²) in [5.74, 6) is 2.55. The van der Waals surface area contributed by atoms with E-state index in [1.54, 1.807) is 14.2 Å². The first kappa shape index (κ1) is 15.9. The predicted molar refractivity (Wildman–Crippen MR) is 91.8 cm³/mol. The van der Waals surface area contributed by atoms with E-state index in [-0.39, 0.29) is 12.2 Å². The third-order valence-corrected chi connectivity index (χ3v) is 4.25. The van der Waals surface area contributed by atoms with E-state index in [2.05, 4.69) is 31.7 Å². The Hall–Kier alpha value is -2.01. The van der Waals surface area contributed by atoms with Gasteiger partial charge in [0.2, 0.25) is 0 Å². The minimum Gasteiger partial charge on any atom is -0.496 e. The van der Waals surface area contributed by atoms with Crippen molar-refractivity contribution in [2.75, 3.05) is 32.2 Å². The van der Waals surface area contributed by atoms with Gasteiger partial charge in [-0.1, -0.05) is 0 Å². The van der Waals surface area contributed by atoms with Crippen LogP contribution >= 0.6 is 0 Å². The molecule has 3 rings (SSSR count). The standard InChI is InChI=1S/C18H24N2O3/c1-11-8-16(20-9-12(2)23-13(3)10-20)19-18-15(22-5)7-6-14(21-4)17(11)18/h6-8,12-13H,9-10H2,1-5H3/t12-,13+. The van der Waals surface area contributed by atoms with Gasteiger partial charge in [-0.05, 0) is 44.5 Å². The van der Waals surface area contributed by atoms with Crippen molar-refractivity contribution in [1.29, 1.82) is 0 Å². The Morgan fingerprint density at radius 2 is 1.70 bits per heavy atom. The molecule has 1 saturated heterocycles. The molecule has 5 nitrogen and oxygen atoms in total. The predicted octanol–water partition coefficient (Wildman–Crippen LogP) is 3.17. The summed E-state index contributed by atoms with van der Waals surface area (Å²) in [4.78, 5) is 7.16. The van der Waals surface area contributed by atoms with Crippen molar-refractivity contribution in [3.63, 3.8) is 0 Å². The quantitative estimate of drug-likeness (QED) is 0.870. The second kappa shape index (κ2) is 6.24. The number of benzene rings is 1. The molecule has 1 aliphatic rings. The van der Waals surface area contributed by atoms with Crippen molar-refractivity contribution in [3.05, 3.63) is 23.8 Å². The summed E-state index contributed by atoms with van der Waals surface area (Å²) in [6, 6.07) is 5.95. The second-order valence-electron chi connectivity index (χ2n) is 6.15. The highest BCUT2D eigenvalue weighted by Gasteiger charge is 2.24. The minimum absolute atomic E-state index is 0.198. The van der Waals surface area contributed by atoms with E-state index in [1.807, 2.05) is 12.1 Å². The molecule has 1 aromatic carbocycles. The smallest absolute Gasteiger partial charge is 0.145 e. The van der Waals surface area contributed by atoms with Gasteiger partial charge in [0.1, 0.15) is 22.8 Å². The van der Waals surface area contributed by atoms with Crippen molar-refractivity contribution in [2.45, 2.75) is 33.0 Å². The minimum atomic E-state index is 0.198. The van der Waals surface area contributed by atoms with E-state index < -0.39 is 0 Å². The molecule has 2 heterocycles. The number of morpholine rings is 1. The highest BCUT2D eigenvalue weighted by Crippen LogP contribution is 2.36.